The molecule has 0 amide bonds. The predicted octanol–water partition coefficient (Wildman–Crippen LogP) is 2.30. The molecule has 1 aliphatic heterocycles. The topological polar surface area (TPSA) is 51.4 Å². The minimum atomic E-state index is 0.0446. The molecule has 0 aliphatic carbocycles. The summed E-state index contributed by atoms with van der Waals surface area (Å²) in [6.45, 7) is 2.98. The third kappa shape index (κ3) is 2.94. The number of rotatable bonds is 3. The van der Waals surface area contributed by atoms with Crippen LogP contribution in [0.15, 0.2) is 35.2 Å². The molecule has 1 aromatic heterocycles. The lowest BCUT2D eigenvalue weighted by molar-refractivity contribution is -0.0166. The summed E-state index contributed by atoms with van der Waals surface area (Å²) in [6.07, 6.45) is 1.35. The van der Waals surface area contributed by atoms with Crippen molar-refractivity contribution in [1.29, 1.82) is 0 Å². The molecule has 2 aromatic rings. The molecule has 0 radical (unpaired) electrons. The number of hydrogen-bond acceptors (Lipinski definition) is 5. The van der Waals surface area contributed by atoms with Gasteiger partial charge in [0.05, 0.1) is 19.3 Å². The van der Waals surface area contributed by atoms with Crippen molar-refractivity contribution in [3.63, 3.8) is 0 Å². The van der Waals surface area contributed by atoms with Gasteiger partial charge in [0.1, 0.15) is 0 Å². The first kappa shape index (κ1) is 12.6. The Hall–Kier alpha value is -1.43. The Kier molecular flexibility index (Phi) is 3.77. The van der Waals surface area contributed by atoms with Crippen molar-refractivity contribution in [1.82, 2.24) is 15.0 Å². The summed E-state index contributed by atoms with van der Waals surface area (Å²) >= 11 is 5.90. The van der Waals surface area contributed by atoms with Gasteiger partial charge in [-0.3, -0.25) is 4.90 Å². The van der Waals surface area contributed by atoms with Crippen molar-refractivity contribution >= 4 is 11.6 Å². The third-order valence-corrected chi connectivity index (χ3v) is 3.47. The van der Waals surface area contributed by atoms with Crippen LogP contribution in [0.4, 0.5) is 0 Å². The fourth-order valence-corrected chi connectivity index (χ4v) is 2.34. The van der Waals surface area contributed by atoms with Crippen LogP contribution < -0.4 is 0 Å². The zero-order chi connectivity index (χ0) is 13.1. The standard InChI is InChI=1S/C13H14ClN3O2/c14-11-3-1-10(2-4-11)7-17-5-6-18-8-12(17)13-15-9-19-16-13/h1-4,9,12H,5-8H2. The van der Waals surface area contributed by atoms with E-state index in [9.17, 15) is 0 Å². The van der Waals surface area contributed by atoms with Gasteiger partial charge in [0.15, 0.2) is 5.82 Å². The molecule has 1 atom stereocenters. The first-order valence-corrected chi connectivity index (χ1v) is 6.53. The maximum absolute atomic E-state index is 5.90. The Morgan fingerprint density at radius 2 is 2.16 bits per heavy atom. The normalized spacial score (nSPS) is 20.6. The molecule has 1 unspecified atom stereocenters. The van der Waals surface area contributed by atoms with Crippen molar-refractivity contribution in [3.05, 3.63) is 47.1 Å². The van der Waals surface area contributed by atoms with Crippen LogP contribution in [0.2, 0.25) is 5.02 Å². The maximum Gasteiger partial charge on any atom is 0.213 e. The molecule has 0 N–H and O–H groups in total. The summed E-state index contributed by atoms with van der Waals surface area (Å²) in [6, 6.07) is 7.92. The van der Waals surface area contributed by atoms with Gasteiger partial charge in [-0.15, -0.1) is 0 Å². The molecule has 1 aliphatic rings. The van der Waals surface area contributed by atoms with Gasteiger partial charge in [0, 0.05) is 18.1 Å². The number of ether oxygens (including phenoxy) is 1. The molecule has 3 rings (SSSR count). The van der Waals surface area contributed by atoms with E-state index >= 15 is 0 Å². The van der Waals surface area contributed by atoms with Crippen molar-refractivity contribution < 1.29 is 9.26 Å². The molecule has 5 nitrogen and oxygen atoms in total. The zero-order valence-corrected chi connectivity index (χ0v) is 11.1. The molecular formula is C13H14ClN3O2. The van der Waals surface area contributed by atoms with Gasteiger partial charge in [-0.25, -0.2) is 0 Å². The van der Waals surface area contributed by atoms with E-state index in [0.29, 0.717) is 12.4 Å². The van der Waals surface area contributed by atoms with Crippen LogP contribution in [-0.2, 0) is 11.3 Å². The zero-order valence-electron chi connectivity index (χ0n) is 10.3. The summed E-state index contributed by atoms with van der Waals surface area (Å²) in [7, 11) is 0. The summed E-state index contributed by atoms with van der Waals surface area (Å²) < 4.78 is 10.3. The Morgan fingerprint density at radius 3 is 2.89 bits per heavy atom. The van der Waals surface area contributed by atoms with Crippen LogP contribution >= 0.6 is 11.6 Å². The number of hydrogen-bond donors (Lipinski definition) is 0. The SMILES string of the molecule is Clc1ccc(CN2CCOCC2c2ncon2)cc1. The Bertz CT molecular complexity index is 515. The second kappa shape index (κ2) is 5.69. The molecule has 19 heavy (non-hydrogen) atoms. The monoisotopic (exact) mass is 279 g/mol. The van der Waals surface area contributed by atoms with E-state index in [0.717, 1.165) is 24.7 Å². The number of aromatic nitrogens is 2. The highest BCUT2D eigenvalue weighted by atomic mass is 35.5. The van der Waals surface area contributed by atoms with Crippen molar-refractivity contribution in [2.45, 2.75) is 12.6 Å². The molecule has 100 valence electrons. The van der Waals surface area contributed by atoms with Crippen LogP contribution in [0, 0.1) is 0 Å². The number of benzene rings is 1. The van der Waals surface area contributed by atoms with Gasteiger partial charge >= 0.3 is 0 Å². The predicted molar refractivity (Wildman–Crippen MR) is 69.7 cm³/mol. The molecular weight excluding hydrogens is 266 g/mol. The van der Waals surface area contributed by atoms with Crippen LogP contribution in [0.1, 0.15) is 17.4 Å². The van der Waals surface area contributed by atoms with Crippen LogP contribution in [0.3, 0.4) is 0 Å². The smallest absolute Gasteiger partial charge is 0.213 e. The lowest BCUT2D eigenvalue weighted by Gasteiger charge is -2.33. The second-order valence-corrected chi connectivity index (χ2v) is 4.91. The minimum Gasteiger partial charge on any atom is -0.378 e. The lowest BCUT2D eigenvalue weighted by Crippen LogP contribution is -2.39. The van der Waals surface area contributed by atoms with E-state index in [4.69, 9.17) is 20.9 Å². The minimum absolute atomic E-state index is 0.0446. The van der Waals surface area contributed by atoms with Gasteiger partial charge in [-0.1, -0.05) is 28.9 Å². The molecule has 6 heteroatoms. The van der Waals surface area contributed by atoms with Gasteiger partial charge in [0.2, 0.25) is 6.39 Å². The van der Waals surface area contributed by atoms with E-state index in [2.05, 4.69) is 15.0 Å². The molecule has 2 heterocycles. The highest BCUT2D eigenvalue weighted by Gasteiger charge is 2.27. The van der Waals surface area contributed by atoms with Gasteiger partial charge in [0.25, 0.3) is 0 Å². The fraction of sp³-hybridized carbons (Fsp3) is 0.385. The fourth-order valence-electron chi connectivity index (χ4n) is 2.22. The molecule has 0 bridgehead atoms. The largest absolute Gasteiger partial charge is 0.378 e. The molecule has 1 fully saturated rings. The Balaban J connectivity index is 1.75. The number of halogens is 1. The van der Waals surface area contributed by atoms with E-state index in [-0.39, 0.29) is 6.04 Å². The second-order valence-electron chi connectivity index (χ2n) is 4.48. The van der Waals surface area contributed by atoms with Gasteiger partial charge in [-0.2, -0.15) is 4.98 Å². The highest BCUT2D eigenvalue weighted by Crippen LogP contribution is 2.23. The highest BCUT2D eigenvalue weighted by molar-refractivity contribution is 6.30. The van der Waals surface area contributed by atoms with E-state index < -0.39 is 0 Å². The van der Waals surface area contributed by atoms with Crippen LogP contribution in [0.5, 0.6) is 0 Å². The molecule has 1 aromatic carbocycles. The van der Waals surface area contributed by atoms with Crippen molar-refractivity contribution in [3.8, 4) is 0 Å². The quantitative estimate of drug-likeness (QED) is 0.863. The summed E-state index contributed by atoms with van der Waals surface area (Å²) in [5.41, 5.74) is 1.21. The summed E-state index contributed by atoms with van der Waals surface area (Å²) in [5.74, 6) is 0.675. The summed E-state index contributed by atoms with van der Waals surface area (Å²) in [5, 5.41) is 4.67. The molecule has 0 spiro atoms. The van der Waals surface area contributed by atoms with Crippen LogP contribution in [-0.4, -0.2) is 34.8 Å². The van der Waals surface area contributed by atoms with E-state index in [1.54, 1.807) is 0 Å². The maximum atomic E-state index is 5.90. The average molecular weight is 280 g/mol. The first-order valence-electron chi connectivity index (χ1n) is 6.15. The molecule has 0 saturated carbocycles. The third-order valence-electron chi connectivity index (χ3n) is 3.21. The van der Waals surface area contributed by atoms with Crippen molar-refractivity contribution in [2.75, 3.05) is 19.8 Å². The van der Waals surface area contributed by atoms with Crippen LogP contribution in [0.25, 0.3) is 0 Å². The van der Waals surface area contributed by atoms with E-state index in [1.165, 1.54) is 12.0 Å². The Labute approximate surface area is 116 Å². The summed E-state index contributed by atoms with van der Waals surface area (Å²) in [4.78, 5) is 6.41. The molecule has 1 saturated heterocycles. The van der Waals surface area contributed by atoms with E-state index in [1.807, 2.05) is 24.3 Å². The Morgan fingerprint density at radius 1 is 1.32 bits per heavy atom. The lowest BCUT2D eigenvalue weighted by atomic mass is 10.1. The number of morpholine rings is 1. The van der Waals surface area contributed by atoms with Gasteiger partial charge in [-0.05, 0) is 17.7 Å². The van der Waals surface area contributed by atoms with Crippen molar-refractivity contribution in [2.24, 2.45) is 0 Å². The first-order chi connectivity index (χ1) is 9.33. The van der Waals surface area contributed by atoms with Gasteiger partial charge < -0.3 is 9.26 Å². The number of nitrogens with zero attached hydrogens (tertiary/aromatic N) is 3. The average Bonchev–Trinajstić information content (AvgIpc) is 2.96.